The van der Waals surface area contributed by atoms with Crippen molar-refractivity contribution in [3.05, 3.63) is 63.6 Å². The largest absolute Gasteiger partial charge is 0.416 e. The number of hydrogen-bond donors (Lipinski definition) is 1. The molecule has 2 heterocycles. The molecule has 0 aliphatic rings. The van der Waals surface area contributed by atoms with Crippen LogP contribution >= 0.6 is 22.7 Å². The van der Waals surface area contributed by atoms with E-state index in [9.17, 15) is 13.2 Å². The Bertz CT molecular complexity index is 804. The van der Waals surface area contributed by atoms with E-state index in [0.29, 0.717) is 13.1 Å². The van der Waals surface area contributed by atoms with E-state index in [1.54, 1.807) is 22.7 Å². The highest BCUT2D eigenvalue weighted by Gasteiger charge is 2.29. The fraction of sp³-hybridized carbons (Fsp3) is 0.235. The molecule has 0 aliphatic carbocycles. The van der Waals surface area contributed by atoms with E-state index in [0.717, 1.165) is 27.6 Å². The van der Waals surface area contributed by atoms with Crippen molar-refractivity contribution in [3.8, 4) is 9.75 Å². The molecule has 0 saturated heterocycles. The number of benzene rings is 1. The van der Waals surface area contributed by atoms with E-state index in [4.69, 9.17) is 0 Å². The summed E-state index contributed by atoms with van der Waals surface area (Å²) in [5.74, 6) is 0. The standard InChI is InChI=1S/C17H15F3N2S2/c1-11-6-7-23-16(11)14-9-22-15(24-14)10-21-8-12-2-4-13(5-3-12)17(18,19)20/h2-7,9,21H,8,10H2,1H3. The molecule has 2 aromatic heterocycles. The topological polar surface area (TPSA) is 24.9 Å². The van der Waals surface area contributed by atoms with Crippen LogP contribution in [0, 0.1) is 6.92 Å². The predicted octanol–water partition coefficient (Wildman–Crippen LogP) is 5.49. The Kier molecular flexibility index (Phi) is 5.03. The van der Waals surface area contributed by atoms with Crippen LogP contribution in [0.25, 0.3) is 9.75 Å². The fourth-order valence-electron chi connectivity index (χ4n) is 2.25. The third kappa shape index (κ3) is 4.03. The Morgan fingerprint density at radius 3 is 2.46 bits per heavy atom. The highest BCUT2D eigenvalue weighted by atomic mass is 32.1. The number of thiophene rings is 1. The van der Waals surface area contributed by atoms with E-state index in [2.05, 4.69) is 28.7 Å². The average Bonchev–Trinajstić information content (AvgIpc) is 3.15. The lowest BCUT2D eigenvalue weighted by Gasteiger charge is -2.08. The first-order chi connectivity index (χ1) is 11.4. The van der Waals surface area contributed by atoms with Crippen LogP contribution in [0.15, 0.2) is 41.9 Å². The summed E-state index contributed by atoms with van der Waals surface area (Å²) in [6.45, 7) is 3.18. The molecule has 0 fully saturated rings. The molecular weight excluding hydrogens is 353 g/mol. The minimum Gasteiger partial charge on any atom is -0.306 e. The van der Waals surface area contributed by atoms with E-state index in [-0.39, 0.29) is 0 Å². The number of alkyl halides is 3. The van der Waals surface area contributed by atoms with Gasteiger partial charge in [-0.05, 0) is 41.6 Å². The minimum absolute atomic E-state index is 0.505. The van der Waals surface area contributed by atoms with Crippen LogP contribution in [0.5, 0.6) is 0 Å². The van der Waals surface area contributed by atoms with E-state index >= 15 is 0 Å². The number of hydrogen-bond acceptors (Lipinski definition) is 4. The van der Waals surface area contributed by atoms with Gasteiger partial charge < -0.3 is 5.32 Å². The Balaban J connectivity index is 1.55. The minimum atomic E-state index is -4.29. The maximum atomic E-state index is 12.5. The number of rotatable bonds is 5. The van der Waals surface area contributed by atoms with Crippen molar-refractivity contribution >= 4 is 22.7 Å². The van der Waals surface area contributed by atoms with Gasteiger partial charge in [0.2, 0.25) is 0 Å². The van der Waals surface area contributed by atoms with Gasteiger partial charge in [0, 0.05) is 24.2 Å². The maximum Gasteiger partial charge on any atom is 0.416 e. The summed E-state index contributed by atoms with van der Waals surface area (Å²) < 4.78 is 37.6. The number of aryl methyl sites for hydroxylation is 1. The summed E-state index contributed by atoms with van der Waals surface area (Å²) in [6.07, 6.45) is -2.41. The molecule has 0 aliphatic heterocycles. The van der Waals surface area contributed by atoms with Crippen molar-refractivity contribution in [1.82, 2.24) is 10.3 Å². The zero-order valence-corrected chi connectivity index (χ0v) is 14.5. The molecule has 126 valence electrons. The molecule has 0 bridgehead atoms. The van der Waals surface area contributed by atoms with Gasteiger partial charge in [-0.1, -0.05) is 12.1 Å². The highest BCUT2D eigenvalue weighted by Crippen LogP contribution is 2.33. The zero-order chi connectivity index (χ0) is 17.2. The van der Waals surface area contributed by atoms with Crippen LogP contribution in [0.2, 0.25) is 0 Å². The summed E-state index contributed by atoms with van der Waals surface area (Å²) in [5, 5.41) is 6.24. The van der Waals surface area contributed by atoms with E-state index in [1.807, 2.05) is 6.20 Å². The summed E-state index contributed by atoms with van der Waals surface area (Å²) >= 11 is 3.33. The van der Waals surface area contributed by atoms with Gasteiger partial charge in [0.25, 0.3) is 0 Å². The monoisotopic (exact) mass is 368 g/mol. The fourth-order valence-corrected chi connectivity index (χ4v) is 4.24. The van der Waals surface area contributed by atoms with Crippen LogP contribution in [-0.4, -0.2) is 4.98 Å². The number of aromatic nitrogens is 1. The van der Waals surface area contributed by atoms with Crippen molar-refractivity contribution in [2.45, 2.75) is 26.2 Å². The van der Waals surface area contributed by atoms with Crippen molar-refractivity contribution in [2.75, 3.05) is 0 Å². The summed E-state index contributed by atoms with van der Waals surface area (Å²) in [6, 6.07) is 7.30. The summed E-state index contributed by atoms with van der Waals surface area (Å²) in [5.41, 5.74) is 1.43. The van der Waals surface area contributed by atoms with Crippen molar-refractivity contribution in [1.29, 1.82) is 0 Å². The SMILES string of the molecule is Cc1ccsc1-c1cnc(CNCc2ccc(C(F)(F)F)cc2)s1. The normalized spacial score (nSPS) is 11.8. The first kappa shape index (κ1) is 17.1. The molecule has 24 heavy (non-hydrogen) atoms. The van der Waals surface area contributed by atoms with Crippen molar-refractivity contribution in [2.24, 2.45) is 0 Å². The van der Waals surface area contributed by atoms with Gasteiger partial charge in [0.1, 0.15) is 5.01 Å². The van der Waals surface area contributed by atoms with Crippen LogP contribution in [-0.2, 0) is 19.3 Å². The van der Waals surface area contributed by atoms with Crippen molar-refractivity contribution < 1.29 is 13.2 Å². The first-order valence-electron chi connectivity index (χ1n) is 7.29. The average molecular weight is 368 g/mol. The number of nitrogens with one attached hydrogen (secondary N) is 1. The Labute approximate surface area is 146 Å². The van der Waals surface area contributed by atoms with Gasteiger partial charge in [0.15, 0.2) is 0 Å². The lowest BCUT2D eigenvalue weighted by molar-refractivity contribution is -0.137. The molecule has 0 radical (unpaired) electrons. The Hall–Kier alpha value is -1.70. The Morgan fingerprint density at radius 2 is 1.83 bits per heavy atom. The summed E-state index contributed by atoms with van der Waals surface area (Å²) in [7, 11) is 0. The molecule has 2 nitrogen and oxygen atoms in total. The molecule has 0 atom stereocenters. The maximum absolute atomic E-state index is 12.5. The third-order valence-electron chi connectivity index (χ3n) is 3.53. The third-order valence-corrected chi connectivity index (χ3v) is 5.72. The van der Waals surface area contributed by atoms with Gasteiger partial charge in [-0.25, -0.2) is 4.98 Å². The quantitative estimate of drug-likeness (QED) is 0.644. The zero-order valence-electron chi connectivity index (χ0n) is 12.9. The number of halogens is 3. The van der Waals surface area contributed by atoms with E-state index < -0.39 is 11.7 Å². The molecule has 1 N–H and O–H groups in total. The lowest BCUT2D eigenvalue weighted by Crippen LogP contribution is -2.12. The van der Waals surface area contributed by atoms with Gasteiger partial charge in [-0.2, -0.15) is 13.2 Å². The van der Waals surface area contributed by atoms with Crippen LogP contribution in [0.3, 0.4) is 0 Å². The molecule has 7 heteroatoms. The van der Waals surface area contributed by atoms with Gasteiger partial charge in [-0.15, -0.1) is 22.7 Å². The van der Waals surface area contributed by atoms with Gasteiger partial charge in [0.05, 0.1) is 10.4 Å². The van der Waals surface area contributed by atoms with Gasteiger partial charge >= 0.3 is 6.18 Å². The number of thiazole rings is 1. The van der Waals surface area contributed by atoms with Crippen LogP contribution < -0.4 is 5.32 Å². The smallest absolute Gasteiger partial charge is 0.306 e. The van der Waals surface area contributed by atoms with Crippen LogP contribution in [0.1, 0.15) is 21.7 Å². The van der Waals surface area contributed by atoms with Crippen molar-refractivity contribution in [3.63, 3.8) is 0 Å². The molecular formula is C17H15F3N2S2. The second-order valence-corrected chi connectivity index (χ2v) is 7.38. The van der Waals surface area contributed by atoms with Gasteiger partial charge in [-0.3, -0.25) is 0 Å². The molecule has 0 amide bonds. The van der Waals surface area contributed by atoms with E-state index in [1.165, 1.54) is 22.6 Å². The molecule has 1 aromatic carbocycles. The molecule has 0 spiro atoms. The Morgan fingerprint density at radius 1 is 1.08 bits per heavy atom. The molecule has 0 saturated carbocycles. The number of nitrogens with zero attached hydrogens (tertiary/aromatic N) is 1. The predicted molar refractivity (Wildman–Crippen MR) is 92.2 cm³/mol. The molecule has 3 aromatic rings. The molecule has 3 rings (SSSR count). The first-order valence-corrected chi connectivity index (χ1v) is 8.99. The highest BCUT2D eigenvalue weighted by molar-refractivity contribution is 7.21. The van der Waals surface area contributed by atoms with Crippen LogP contribution in [0.4, 0.5) is 13.2 Å². The second kappa shape index (κ2) is 7.04. The lowest BCUT2D eigenvalue weighted by atomic mass is 10.1. The second-order valence-electron chi connectivity index (χ2n) is 5.35. The molecule has 0 unspecified atom stereocenters. The summed E-state index contributed by atoms with van der Waals surface area (Å²) in [4.78, 5) is 6.79.